The summed E-state index contributed by atoms with van der Waals surface area (Å²) in [6, 6.07) is 31.0. The zero-order valence-electron chi connectivity index (χ0n) is 16.9. The Labute approximate surface area is 173 Å². The van der Waals surface area contributed by atoms with Crippen molar-refractivity contribution in [2.45, 2.75) is 38.5 Å². The van der Waals surface area contributed by atoms with Crippen LogP contribution in [-0.4, -0.2) is 0 Å². The molecule has 4 aromatic carbocycles. The molecule has 0 saturated carbocycles. The van der Waals surface area contributed by atoms with Gasteiger partial charge in [0.05, 0.1) is 0 Å². The van der Waals surface area contributed by atoms with Gasteiger partial charge in [0.1, 0.15) is 5.82 Å². The monoisotopic (exact) mass is 382 g/mol. The largest absolute Gasteiger partial charge is 0.207 e. The van der Waals surface area contributed by atoms with Gasteiger partial charge < -0.3 is 0 Å². The molecule has 1 atom stereocenters. The van der Waals surface area contributed by atoms with E-state index in [1.54, 1.807) is 0 Å². The normalized spacial score (nSPS) is 12.2. The van der Waals surface area contributed by atoms with Crippen LogP contribution in [-0.2, 0) is 6.42 Å². The molecule has 0 saturated heterocycles. The Balaban J connectivity index is 1.57. The van der Waals surface area contributed by atoms with Crippen molar-refractivity contribution in [2.75, 3.05) is 0 Å². The molecule has 0 radical (unpaired) electrons. The van der Waals surface area contributed by atoms with Crippen LogP contribution < -0.4 is 0 Å². The highest BCUT2D eigenvalue weighted by atomic mass is 19.1. The van der Waals surface area contributed by atoms with Crippen LogP contribution in [0.1, 0.15) is 43.2 Å². The third-order valence-electron chi connectivity index (χ3n) is 5.76. The quantitative estimate of drug-likeness (QED) is 0.302. The van der Waals surface area contributed by atoms with Crippen LogP contribution in [0.3, 0.4) is 0 Å². The maximum Gasteiger partial charge on any atom is 0.123 e. The van der Waals surface area contributed by atoms with Crippen molar-refractivity contribution >= 4 is 10.8 Å². The van der Waals surface area contributed by atoms with E-state index in [1.165, 1.54) is 53.3 Å². The standard InChI is InChI=1S/C28H27F/c1-2-3-6-26(19-21-9-10-22-7-4-5-8-27(22)20-21)25-13-11-23(12-14-25)24-15-17-28(29)18-16-24/h4-5,7-18,20,26H,2-3,6,19H2,1H3. The Kier molecular flexibility index (Phi) is 6.05. The van der Waals surface area contributed by atoms with Gasteiger partial charge in [0.2, 0.25) is 0 Å². The van der Waals surface area contributed by atoms with Gasteiger partial charge in [0.15, 0.2) is 0 Å². The van der Waals surface area contributed by atoms with Crippen molar-refractivity contribution in [1.82, 2.24) is 0 Å². The summed E-state index contributed by atoms with van der Waals surface area (Å²) in [4.78, 5) is 0. The van der Waals surface area contributed by atoms with Gasteiger partial charge >= 0.3 is 0 Å². The first-order chi connectivity index (χ1) is 14.2. The van der Waals surface area contributed by atoms with E-state index in [0.717, 1.165) is 17.5 Å². The lowest BCUT2D eigenvalue weighted by atomic mass is 9.86. The zero-order chi connectivity index (χ0) is 20.1. The molecular weight excluding hydrogens is 355 g/mol. The smallest absolute Gasteiger partial charge is 0.123 e. The summed E-state index contributed by atoms with van der Waals surface area (Å²) in [7, 11) is 0. The average Bonchev–Trinajstić information content (AvgIpc) is 2.77. The van der Waals surface area contributed by atoms with E-state index in [1.807, 2.05) is 12.1 Å². The SMILES string of the molecule is CCCCC(Cc1ccc2ccccc2c1)c1ccc(-c2ccc(F)cc2)cc1. The van der Waals surface area contributed by atoms with Crippen LogP contribution in [0.4, 0.5) is 4.39 Å². The van der Waals surface area contributed by atoms with Gasteiger partial charge in [-0.1, -0.05) is 98.6 Å². The number of benzene rings is 4. The second-order valence-corrected chi connectivity index (χ2v) is 7.85. The molecule has 0 spiro atoms. The van der Waals surface area contributed by atoms with E-state index >= 15 is 0 Å². The topological polar surface area (TPSA) is 0 Å². The van der Waals surface area contributed by atoms with E-state index in [9.17, 15) is 4.39 Å². The van der Waals surface area contributed by atoms with Gasteiger partial charge in [-0.25, -0.2) is 4.39 Å². The third kappa shape index (κ3) is 4.74. The summed E-state index contributed by atoms with van der Waals surface area (Å²) in [5.74, 6) is 0.318. The Bertz CT molecular complexity index is 1060. The maximum absolute atomic E-state index is 13.2. The molecule has 0 aromatic heterocycles. The number of unbranched alkanes of at least 4 members (excludes halogenated alkanes) is 1. The second-order valence-electron chi connectivity index (χ2n) is 7.85. The van der Waals surface area contributed by atoms with E-state index in [-0.39, 0.29) is 5.82 Å². The lowest BCUT2D eigenvalue weighted by Gasteiger charge is -2.18. The van der Waals surface area contributed by atoms with Gasteiger partial charge in [0, 0.05) is 0 Å². The van der Waals surface area contributed by atoms with E-state index in [0.29, 0.717) is 5.92 Å². The molecule has 0 heterocycles. The molecule has 0 aliphatic carbocycles. The van der Waals surface area contributed by atoms with Crippen molar-refractivity contribution in [2.24, 2.45) is 0 Å². The molecule has 146 valence electrons. The van der Waals surface area contributed by atoms with Crippen LogP contribution >= 0.6 is 0 Å². The van der Waals surface area contributed by atoms with Gasteiger partial charge in [-0.05, 0) is 63.9 Å². The molecule has 4 rings (SSSR count). The van der Waals surface area contributed by atoms with Gasteiger partial charge in [-0.15, -0.1) is 0 Å². The molecule has 0 fully saturated rings. The molecule has 1 heteroatoms. The highest BCUT2D eigenvalue weighted by Crippen LogP contribution is 2.30. The summed E-state index contributed by atoms with van der Waals surface area (Å²) in [6.45, 7) is 2.25. The minimum atomic E-state index is -0.194. The van der Waals surface area contributed by atoms with Crippen LogP contribution in [0.2, 0.25) is 0 Å². The zero-order valence-corrected chi connectivity index (χ0v) is 16.9. The van der Waals surface area contributed by atoms with E-state index < -0.39 is 0 Å². The molecule has 0 N–H and O–H groups in total. The Hall–Kier alpha value is -2.93. The summed E-state index contributed by atoms with van der Waals surface area (Å²) >= 11 is 0. The maximum atomic E-state index is 13.2. The van der Waals surface area contributed by atoms with Crippen molar-refractivity contribution < 1.29 is 4.39 Å². The van der Waals surface area contributed by atoms with Crippen molar-refractivity contribution in [3.8, 4) is 11.1 Å². The first-order valence-electron chi connectivity index (χ1n) is 10.6. The fourth-order valence-corrected chi connectivity index (χ4v) is 4.08. The van der Waals surface area contributed by atoms with Gasteiger partial charge in [0.25, 0.3) is 0 Å². The highest BCUT2D eigenvalue weighted by Gasteiger charge is 2.13. The first kappa shape index (κ1) is 19.4. The Morgan fingerprint density at radius 1 is 0.724 bits per heavy atom. The summed E-state index contributed by atoms with van der Waals surface area (Å²) in [5, 5.41) is 2.61. The lowest BCUT2D eigenvalue weighted by molar-refractivity contribution is 0.582. The number of hydrogen-bond acceptors (Lipinski definition) is 0. The lowest BCUT2D eigenvalue weighted by Crippen LogP contribution is -2.03. The number of fused-ring (bicyclic) bond motifs is 1. The van der Waals surface area contributed by atoms with Gasteiger partial charge in [-0.2, -0.15) is 0 Å². The molecule has 0 aliphatic rings. The predicted molar refractivity (Wildman–Crippen MR) is 122 cm³/mol. The van der Waals surface area contributed by atoms with Crippen molar-refractivity contribution in [1.29, 1.82) is 0 Å². The van der Waals surface area contributed by atoms with Crippen LogP contribution in [0.25, 0.3) is 21.9 Å². The van der Waals surface area contributed by atoms with E-state index in [2.05, 4.69) is 73.7 Å². The van der Waals surface area contributed by atoms with Crippen molar-refractivity contribution in [3.05, 3.63) is 108 Å². The third-order valence-corrected chi connectivity index (χ3v) is 5.76. The van der Waals surface area contributed by atoms with Crippen LogP contribution in [0, 0.1) is 5.82 Å². The number of hydrogen-bond donors (Lipinski definition) is 0. The predicted octanol–water partition coefficient (Wildman–Crippen LogP) is 8.16. The molecule has 1 unspecified atom stereocenters. The molecular formula is C28H27F. The number of rotatable bonds is 7. The number of halogens is 1. The summed E-state index contributed by atoms with van der Waals surface area (Å²) < 4.78 is 13.2. The minimum absolute atomic E-state index is 0.194. The average molecular weight is 383 g/mol. The highest BCUT2D eigenvalue weighted by molar-refractivity contribution is 5.83. The summed E-state index contributed by atoms with van der Waals surface area (Å²) in [5.41, 5.74) is 4.97. The molecule has 0 nitrogen and oxygen atoms in total. The molecule has 29 heavy (non-hydrogen) atoms. The molecule has 0 aliphatic heterocycles. The Morgan fingerprint density at radius 2 is 1.38 bits per heavy atom. The van der Waals surface area contributed by atoms with Gasteiger partial charge in [-0.3, -0.25) is 0 Å². The van der Waals surface area contributed by atoms with E-state index in [4.69, 9.17) is 0 Å². The van der Waals surface area contributed by atoms with Crippen molar-refractivity contribution in [3.63, 3.8) is 0 Å². The fourth-order valence-electron chi connectivity index (χ4n) is 4.08. The second kappa shape index (κ2) is 9.05. The molecule has 0 amide bonds. The minimum Gasteiger partial charge on any atom is -0.207 e. The first-order valence-corrected chi connectivity index (χ1v) is 10.6. The molecule has 4 aromatic rings. The summed E-state index contributed by atoms with van der Waals surface area (Å²) in [6.07, 6.45) is 4.69. The fraction of sp³-hybridized carbons (Fsp3) is 0.214. The Morgan fingerprint density at radius 3 is 2.07 bits per heavy atom. The van der Waals surface area contributed by atoms with Crippen LogP contribution in [0.5, 0.6) is 0 Å². The van der Waals surface area contributed by atoms with Crippen LogP contribution in [0.15, 0.2) is 91.0 Å². The molecule has 0 bridgehead atoms.